The first-order valence-corrected chi connectivity index (χ1v) is 13.2. The highest BCUT2D eigenvalue weighted by Gasteiger charge is 2.15. The number of hydrogen-bond donors (Lipinski definition) is 0. The van der Waals surface area contributed by atoms with E-state index in [1.165, 1.54) is 11.3 Å². The van der Waals surface area contributed by atoms with Gasteiger partial charge < -0.3 is 9.30 Å². The summed E-state index contributed by atoms with van der Waals surface area (Å²) >= 11 is 1.27. The predicted octanol–water partition coefficient (Wildman–Crippen LogP) is 5.31. The van der Waals surface area contributed by atoms with Crippen LogP contribution in [0.2, 0.25) is 0 Å². The zero-order valence-electron chi connectivity index (χ0n) is 18.8. The van der Waals surface area contributed by atoms with E-state index in [4.69, 9.17) is 4.74 Å². The fourth-order valence-corrected chi connectivity index (χ4v) is 5.62. The number of aryl methyl sites for hydroxylation is 1. The number of rotatable bonds is 7. The van der Waals surface area contributed by atoms with Gasteiger partial charge >= 0.3 is 5.97 Å². The van der Waals surface area contributed by atoms with Gasteiger partial charge in [0.1, 0.15) is 5.75 Å². The number of ether oxygens (including phenoxy) is 1. The lowest BCUT2D eigenvalue weighted by Crippen LogP contribution is -2.17. The van der Waals surface area contributed by atoms with E-state index in [9.17, 15) is 13.2 Å². The minimum absolute atomic E-state index is 0.173. The average Bonchev–Trinajstić information content (AvgIpc) is 3.26. The number of thiazole rings is 1. The molecule has 0 aliphatic rings. The van der Waals surface area contributed by atoms with E-state index in [0.717, 1.165) is 23.2 Å². The highest BCUT2D eigenvalue weighted by atomic mass is 32.2. The van der Waals surface area contributed by atoms with Gasteiger partial charge in [0.2, 0.25) is 4.80 Å². The molecular weight excluding hydrogens is 468 g/mol. The maximum absolute atomic E-state index is 12.9. The van der Waals surface area contributed by atoms with Gasteiger partial charge in [0.25, 0.3) is 10.0 Å². The lowest BCUT2D eigenvalue weighted by molar-refractivity contribution is 0.0734. The largest absolute Gasteiger partial charge is 0.423 e. The van der Waals surface area contributed by atoms with Gasteiger partial charge in [0.15, 0.2) is 0 Å². The summed E-state index contributed by atoms with van der Waals surface area (Å²) in [4.78, 5) is 12.8. The Balaban J connectivity index is 1.60. The molecule has 0 aliphatic heterocycles. The SMILES string of the molecule is CCc1ccc(S(=O)(=O)N=c2scc(-c3ccc(OC(=O)c4ccccc4)cc3)n2CC)cc1. The molecule has 4 rings (SSSR count). The fourth-order valence-electron chi connectivity index (χ4n) is 3.43. The molecule has 0 fully saturated rings. The number of sulfonamides is 1. The Bertz CT molecular complexity index is 1450. The van der Waals surface area contributed by atoms with Crippen molar-refractivity contribution < 1.29 is 17.9 Å². The number of aromatic nitrogens is 1. The van der Waals surface area contributed by atoms with Gasteiger partial charge in [-0.05, 0) is 73.0 Å². The second-order valence-corrected chi connectivity index (χ2v) is 9.93. The van der Waals surface area contributed by atoms with Crippen LogP contribution in [0.1, 0.15) is 29.8 Å². The normalized spacial score (nSPS) is 12.0. The Hall–Kier alpha value is -3.49. The van der Waals surface area contributed by atoms with Crippen molar-refractivity contribution in [2.24, 2.45) is 4.40 Å². The molecular formula is C26H24N2O4S2. The third-order valence-electron chi connectivity index (χ3n) is 5.31. The Morgan fingerprint density at radius 1 is 0.941 bits per heavy atom. The number of nitrogens with zero attached hydrogens (tertiary/aromatic N) is 2. The lowest BCUT2D eigenvalue weighted by Gasteiger charge is -2.08. The van der Waals surface area contributed by atoms with E-state index in [-0.39, 0.29) is 4.90 Å². The minimum Gasteiger partial charge on any atom is -0.423 e. The summed E-state index contributed by atoms with van der Waals surface area (Å²) in [6.45, 7) is 4.51. The number of carbonyl (C=O) groups excluding carboxylic acids is 1. The van der Waals surface area contributed by atoms with Gasteiger partial charge in [-0.1, -0.05) is 37.3 Å². The van der Waals surface area contributed by atoms with Crippen LogP contribution in [0.5, 0.6) is 5.75 Å². The maximum Gasteiger partial charge on any atom is 0.343 e. The van der Waals surface area contributed by atoms with Crippen LogP contribution in [-0.4, -0.2) is 19.0 Å². The third kappa shape index (κ3) is 5.18. The molecule has 0 atom stereocenters. The van der Waals surface area contributed by atoms with E-state index in [2.05, 4.69) is 4.40 Å². The predicted molar refractivity (Wildman–Crippen MR) is 133 cm³/mol. The summed E-state index contributed by atoms with van der Waals surface area (Å²) in [6.07, 6.45) is 0.839. The van der Waals surface area contributed by atoms with Crippen LogP contribution < -0.4 is 9.54 Å². The first-order valence-electron chi connectivity index (χ1n) is 10.9. The van der Waals surface area contributed by atoms with Gasteiger partial charge in [-0.3, -0.25) is 0 Å². The molecule has 34 heavy (non-hydrogen) atoms. The van der Waals surface area contributed by atoms with Crippen molar-refractivity contribution in [3.05, 3.63) is 100 Å². The van der Waals surface area contributed by atoms with Crippen molar-refractivity contribution >= 4 is 27.3 Å². The first kappa shape index (κ1) is 23.7. The molecule has 1 heterocycles. The summed E-state index contributed by atoms with van der Waals surface area (Å²) in [5.74, 6) is 0.00432. The topological polar surface area (TPSA) is 77.7 Å². The molecule has 6 nitrogen and oxygen atoms in total. The quantitative estimate of drug-likeness (QED) is 0.259. The summed E-state index contributed by atoms with van der Waals surface area (Å²) in [7, 11) is -3.83. The molecule has 0 saturated heterocycles. The minimum atomic E-state index is -3.83. The van der Waals surface area contributed by atoms with Crippen LogP contribution in [-0.2, 0) is 23.0 Å². The van der Waals surface area contributed by atoms with E-state index in [0.29, 0.717) is 22.7 Å². The molecule has 0 saturated carbocycles. The van der Waals surface area contributed by atoms with Crippen molar-refractivity contribution in [3.8, 4) is 17.0 Å². The number of esters is 1. The first-order chi connectivity index (χ1) is 16.4. The van der Waals surface area contributed by atoms with Gasteiger partial charge in [0.05, 0.1) is 16.2 Å². The number of hydrogen-bond acceptors (Lipinski definition) is 5. The standard InChI is InChI=1S/C26H24N2O4S2/c1-3-19-10-16-23(17-11-19)34(30,31)27-26-28(4-2)24(18-33-26)20-12-14-22(15-13-20)32-25(29)21-8-6-5-7-9-21/h5-18H,3-4H2,1-2H3. The van der Waals surface area contributed by atoms with Crippen molar-refractivity contribution in [3.63, 3.8) is 0 Å². The molecule has 8 heteroatoms. The summed E-state index contributed by atoms with van der Waals surface area (Å²) < 4.78 is 37.1. The second-order valence-electron chi connectivity index (χ2n) is 7.49. The van der Waals surface area contributed by atoms with Crippen LogP contribution in [0.25, 0.3) is 11.3 Å². The average molecular weight is 493 g/mol. The Kier molecular flexibility index (Phi) is 7.09. The van der Waals surface area contributed by atoms with Gasteiger partial charge in [-0.25, -0.2) is 4.79 Å². The number of carbonyl (C=O) groups is 1. The maximum atomic E-state index is 12.9. The van der Waals surface area contributed by atoms with Crippen LogP contribution >= 0.6 is 11.3 Å². The monoisotopic (exact) mass is 492 g/mol. The molecule has 0 spiro atoms. The molecule has 1 aromatic heterocycles. The molecule has 0 N–H and O–H groups in total. The molecule has 0 unspecified atom stereocenters. The lowest BCUT2D eigenvalue weighted by atomic mass is 10.1. The van der Waals surface area contributed by atoms with Crippen molar-refractivity contribution in [2.75, 3.05) is 0 Å². The van der Waals surface area contributed by atoms with E-state index in [1.807, 2.05) is 54.1 Å². The van der Waals surface area contributed by atoms with E-state index >= 15 is 0 Å². The highest BCUT2D eigenvalue weighted by Crippen LogP contribution is 2.24. The second kappa shape index (κ2) is 10.2. The van der Waals surface area contributed by atoms with Crippen molar-refractivity contribution in [1.82, 2.24) is 4.57 Å². The van der Waals surface area contributed by atoms with Crippen molar-refractivity contribution in [1.29, 1.82) is 0 Å². The van der Waals surface area contributed by atoms with Crippen LogP contribution in [0.4, 0.5) is 0 Å². The van der Waals surface area contributed by atoms with Crippen LogP contribution in [0, 0.1) is 0 Å². The van der Waals surface area contributed by atoms with Crippen LogP contribution in [0.3, 0.4) is 0 Å². The molecule has 3 aromatic carbocycles. The highest BCUT2D eigenvalue weighted by molar-refractivity contribution is 7.90. The fraction of sp³-hybridized carbons (Fsp3) is 0.154. The van der Waals surface area contributed by atoms with Gasteiger partial charge in [-0.2, -0.15) is 8.42 Å². The molecule has 0 amide bonds. The van der Waals surface area contributed by atoms with E-state index < -0.39 is 16.0 Å². The number of benzene rings is 3. The van der Waals surface area contributed by atoms with Gasteiger partial charge in [-0.15, -0.1) is 15.7 Å². The Morgan fingerprint density at radius 3 is 2.24 bits per heavy atom. The van der Waals surface area contributed by atoms with E-state index in [1.54, 1.807) is 48.5 Å². The zero-order valence-corrected chi connectivity index (χ0v) is 20.5. The summed E-state index contributed by atoms with van der Waals surface area (Å²) in [5.41, 5.74) is 3.25. The smallest absolute Gasteiger partial charge is 0.343 e. The molecule has 0 bridgehead atoms. The van der Waals surface area contributed by atoms with Crippen LogP contribution in [0.15, 0.2) is 93.5 Å². The molecule has 174 valence electrons. The Labute approximate surface area is 202 Å². The van der Waals surface area contributed by atoms with Gasteiger partial charge in [0, 0.05) is 11.9 Å². The summed E-state index contributed by atoms with van der Waals surface area (Å²) in [5, 5.41) is 1.88. The zero-order chi connectivity index (χ0) is 24.1. The molecule has 0 aliphatic carbocycles. The Morgan fingerprint density at radius 2 is 1.62 bits per heavy atom. The third-order valence-corrected chi connectivity index (χ3v) is 7.57. The molecule has 4 aromatic rings. The summed E-state index contributed by atoms with van der Waals surface area (Å²) in [6, 6.07) is 22.7. The molecule has 0 radical (unpaired) electrons. The van der Waals surface area contributed by atoms with Crippen molar-refractivity contribution in [2.45, 2.75) is 31.7 Å².